The molecule has 76 valence electrons. The van der Waals surface area contributed by atoms with Crippen molar-refractivity contribution in [1.82, 2.24) is 0 Å². The first-order valence-corrected chi connectivity index (χ1v) is 8.86. The molecule has 0 N–H and O–H groups in total. The van der Waals surface area contributed by atoms with Gasteiger partial charge in [-0.3, -0.25) is 0 Å². The molecule has 0 amide bonds. The molecule has 0 heterocycles. The van der Waals surface area contributed by atoms with Crippen molar-refractivity contribution in [2.24, 2.45) is 0 Å². The van der Waals surface area contributed by atoms with Crippen LogP contribution < -0.4 is 0 Å². The molecule has 1 rings (SSSR count). The Balaban J connectivity index is 2.80. The van der Waals surface area contributed by atoms with Crippen LogP contribution in [0, 0.1) is 3.57 Å². The Morgan fingerprint density at radius 2 is 2.00 bits per heavy atom. The van der Waals surface area contributed by atoms with Crippen molar-refractivity contribution in [2.75, 3.05) is 0 Å². The lowest BCUT2D eigenvalue weighted by Gasteiger charge is -2.17. The molecular formula is C10H13IO2Si. The summed E-state index contributed by atoms with van der Waals surface area (Å²) in [5, 5.41) is 0. The van der Waals surface area contributed by atoms with Gasteiger partial charge >= 0.3 is 5.97 Å². The zero-order chi connectivity index (χ0) is 10.8. The zero-order valence-electron chi connectivity index (χ0n) is 8.50. The van der Waals surface area contributed by atoms with Gasteiger partial charge in [-0.2, -0.15) is 0 Å². The van der Waals surface area contributed by atoms with Gasteiger partial charge in [0.25, 0.3) is 0 Å². The van der Waals surface area contributed by atoms with Crippen LogP contribution in [0.2, 0.25) is 19.6 Å². The molecule has 0 aliphatic carbocycles. The van der Waals surface area contributed by atoms with E-state index in [2.05, 4.69) is 22.6 Å². The van der Waals surface area contributed by atoms with E-state index < -0.39 is 8.32 Å². The Labute approximate surface area is 98.9 Å². The fourth-order valence-corrected chi connectivity index (χ4v) is 2.17. The maximum Gasteiger partial charge on any atom is 0.324 e. The first kappa shape index (κ1) is 11.7. The van der Waals surface area contributed by atoms with E-state index in [0.29, 0.717) is 5.56 Å². The number of hydrogen-bond donors (Lipinski definition) is 0. The summed E-state index contributed by atoms with van der Waals surface area (Å²) in [5.41, 5.74) is 0.638. The van der Waals surface area contributed by atoms with Crippen LogP contribution in [-0.4, -0.2) is 14.3 Å². The van der Waals surface area contributed by atoms with Gasteiger partial charge in [0.2, 0.25) is 8.32 Å². The van der Waals surface area contributed by atoms with Crippen LogP contribution in [-0.2, 0) is 4.43 Å². The lowest BCUT2D eigenvalue weighted by molar-refractivity contribution is 0.0724. The normalized spacial score (nSPS) is 11.1. The van der Waals surface area contributed by atoms with Gasteiger partial charge in [-0.1, -0.05) is 6.07 Å². The van der Waals surface area contributed by atoms with Gasteiger partial charge in [0.15, 0.2) is 0 Å². The SMILES string of the molecule is C[Si](C)(C)OC(=O)c1cccc(I)c1. The number of carbonyl (C=O) groups is 1. The van der Waals surface area contributed by atoms with Crippen LogP contribution in [0.3, 0.4) is 0 Å². The van der Waals surface area contributed by atoms with Crippen molar-refractivity contribution < 1.29 is 9.22 Å². The van der Waals surface area contributed by atoms with Gasteiger partial charge in [0, 0.05) is 3.57 Å². The lowest BCUT2D eigenvalue weighted by atomic mass is 10.2. The van der Waals surface area contributed by atoms with Crippen LogP contribution in [0.1, 0.15) is 10.4 Å². The van der Waals surface area contributed by atoms with E-state index in [0.717, 1.165) is 3.57 Å². The third-order valence-corrected chi connectivity index (χ3v) is 2.93. The molecule has 0 spiro atoms. The lowest BCUT2D eigenvalue weighted by Crippen LogP contribution is -2.29. The van der Waals surface area contributed by atoms with Gasteiger partial charge in [-0.25, -0.2) is 4.79 Å². The number of rotatable bonds is 2. The molecule has 14 heavy (non-hydrogen) atoms. The fraction of sp³-hybridized carbons (Fsp3) is 0.300. The first-order chi connectivity index (χ1) is 6.38. The van der Waals surface area contributed by atoms with Gasteiger partial charge in [-0.05, 0) is 60.4 Å². The van der Waals surface area contributed by atoms with Gasteiger partial charge < -0.3 is 4.43 Å². The van der Waals surface area contributed by atoms with Crippen molar-refractivity contribution in [3.63, 3.8) is 0 Å². The quantitative estimate of drug-likeness (QED) is 0.617. The molecule has 0 saturated carbocycles. The molecule has 0 aliphatic heterocycles. The number of hydrogen-bond acceptors (Lipinski definition) is 2. The maximum atomic E-state index is 11.6. The van der Waals surface area contributed by atoms with E-state index in [4.69, 9.17) is 4.43 Å². The molecule has 0 saturated heterocycles. The van der Waals surface area contributed by atoms with Gasteiger partial charge in [0.1, 0.15) is 0 Å². The van der Waals surface area contributed by atoms with Crippen molar-refractivity contribution >= 4 is 36.9 Å². The Morgan fingerprint density at radius 1 is 1.36 bits per heavy atom. The average molecular weight is 320 g/mol. The molecule has 0 radical (unpaired) electrons. The second kappa shape index (κ2) is 4.44. The maximum absolute atomic E-state index is 11.6. The minimum Gasteiger partial charge on any atom is -0.516 e. The topological polar surface area (TPSA) is 26.3 Å². The van der Waals surface area contributed by atoms with Crippen molar-refractivity contribution in [3.05, 3.63) is 33.4 Å². The van der Waals surface area contributed by atoms with E-state index in [-0.39, 0.29) is 5.97 Å². The standard InChI is InChI=1S/C10H13IO2Si/c1-14(2,3)13-10(12)8-5-4-6-9(11)7-8/h4-7H,1-3H3. The molecule has 0 unspecified atom stereocenters. The Bertz CT molecular complexity index is 344. The summed E-state index contributed by atoms with van der Waals surface area (Å²) >= 11 is 2.18. The molecule has 2 nitrogen and oxygen atoms in total. The third-order valence-electron chi connectivity index (χ3n) is 1.46. The second-order valence-corrected chi connectivity index (χ2v) is 9.69. The molecule has 4 heteroatoms. The molecule has 1 aromatic rings. The molecular weight excluding hydrogens is 307 g/mol. The molecule has 0 aliphatic rings. The van der Waals surface area contributed by atoms with E-state index >= 15 is 0 Å². The molecule has 0 aromatic heterocycles. The minimum absolute atomic E-state index is 0.206. The zero-order valence-corrected chi connectivity index (χ0v) is 11.7. The van der Waals surface area contributed by atoms with E-state index in [1.165, 1.54) is 0 Å². The minimum atomic E-state index is -1.77. The predicted octanol–water partition coefficient (Wildman–Crippen LogP) is 3.28. The van der Waals surface area contributed by atoms with Crippen LogP contribution in [0.5, 0.6) is 0 Å². The van der Waals surface area contributed by atoms with Gasteiger partial charge in [0.05, 0.1) is 5.56 Å². The smallest absolute Gasteiger partial charge is 0.324 e. The highest BCUT2D eigenvalue weighted by Gasteiger charge is 2.20. The highest BCUT2D eigenvalue weighted by Crippen LogP contribution is 2.12. The molecule has 0 fully saturated rings. The summed E-state index contributed by atoms with van der Waals surface area (Å²) in [7, 11) is -1.77. The Kier molecular flexibility index (Phi) is 3.71. The highest BCUT2D eigenvalue weighted by atomic mass is 127. The number of benzene rings is 1. The largest absolute Gasteiger partial charge is 0.516 e. The van der Waals surface area contributed by atoms with Gasteiger partial charge in [-0.15, -0.1) is 0 Å². The summed E-state index contributed by atoms with van der Waals surface area (Å²) in [6.07, 6.45) is 0. The van der Waals surface area contributed by atoms with Crippen molar-refractivity contribution in [2.45, 2.75) is 19.6 Å². The Morgan fingerprint density at radius 3 is 2.50 bits per heavy atom. The number of carbonyl (C=O) groups excluding carboxylic acids is 1. The molecule has 0 atom stereocenters. The van der Waals surface area contributed by atoms with Crippen LogP contribution >= 0.6 is 22.6 Å². The summed E-state index contributed by atoms with van der Waals surface area (Å²) in [5.74, 6) is -0.206. The summed E-state index contributed by atoms with van der Waals surface area (Å²) in [6, 6.07) is 7.43. The average Bonchev–Trinajstić information content (AvgIpc) is 2.01. The second-order valence-electron chi connectivity index (χ2n) is 4.01. The number of halogens is 1. The van der Waals surface area contributed by atoms with E-state index in [1.54, 1.807) is 6.07 Å². The monoisotopic (exact) mass is 320 g/mol. The van der Waals surface area contributed by atoms with Crippen LogP contribution in [0.4, 0.5) is 0 Å². The van der Waals surface area contributed by atoms with Crippen LogP contribution in [0.15, 0.2) is 24.3 Å². The van der Waals surface area contributed by atoms with Crippen LogP contribution in [0.25, 0.3) is 0 Å². The van der Waals surface area contributed by atoms with E-state index in [9.17, 15) is 4.79 Å². The summed E-state index contributed by atoms with van der Waals surface area (Å²) in [6.45, 7) is 6.00. The van der Waals surface area contributed by atoms with Crippen molar-refractivity contribution in [1.29, 1.82) is 0 Å². The predicted molar refractivity (Wildman–Crippen MR) is 67.9 cm³/mol. The third kappa shape index (κ3) is 3.79. The first-order valence-electron chi connectivity index (χ1n) is 4.37. The Hall–Kier alpha value is -0.363. The van der Waals surface area contributed by atoms with E-state index in [1.807, 2.05) is 37.8 Å². The molecule has 1 aromatic carbocycles. The fourth-order valence-electron chi connectivity index (χ4n) is 0.952. The van der Waals surface area contributed by atoms with Crippen molar-refractivity contribution in [3.8, 4) is 0 Å². The summed E-state index contributed by atoms with van der Waals surface area (Å²) < 4.78 is 6.42. The molecule has 0 bridgehead atoms. The highest BCUT2D eigenvalue weighted by molar-refractivity contribution is 14.1. The summed E-state index contributed by atoms with van der Waals surface area (Å²) in [4.78, 5) is 11.6.